The SMILES string of the molecule is CC(C(=O)Nc1ccccc1Cl)=C1CNC1. The second kappa shape index (κ2) is 4.68. The number of para-hydroxylation sites is 1. The van der Waals surface area contributed by atoms with E-state index in [4.69, 9.17) is 11.6 Å². The number of anilines is 1. The van der Waals surface area contributed by atoms with Crippen LogP contribution in [0.3, 0.4) is 0 Å². The molecule has 0 unspecified atom stereocenters. The summed E-state index contributed by atoms with van der Waals surface area (Å²) in [5.74, 6) is -0.0791. The highest BCUT2D eigenvalue weighted by atomic mass is 35.5. The van der Waals surface area contributed by atoms with Crippen LogP contribution in [0, 0.1) is 0 Å². The van der Waals surface area contributed by atoms with Gasteiger partial charge in [0.15, 0.2) is 0 Å². The molecule has 16 heavy (non-hydrogen) atoms. The van der Waals surface area contributed by atoms with Gasteiger partial charge in [0.25, 0.3) is 5.91 Å². The number of amides is 1. The molecule has 1 aliphatic heterocycles. The summed E-state index contributed by atoms with van der Waals surface area (Å²) in [6.45, 7) is 3.45. The number of halogens is 1. The van der Waals surface area contributed by atoms with Crippen molar-refractivity contribution >= 4 is 23.2 Å². The Morgan fingerprint density at radius 3 is 2.62 bits per heavy atom. The molecule has 1 aliphatic rings. The lowest BCUT2D eigenvalue weighted by Crippen LogP contribution is -2.36. The molecule has 0 aliphatic carbocycles. The van der Waals surface area contributed by atoms with E-state index in [-0.39, 0.29) is 5.91 Å². The molecule has 0 radical (unpaired) electrons. The topological polar surface area (TPSA) is 41.1 Å². The fourth-order valence-electron chi connectivity index (χ4n) is 1.45. The molecule has 1 heterocycles. The Labute approximate surface area is 99.5 Å². The molecule has 0 atom stereocenters. The van der Waals surface area contributed by atoms with Crippen molar-refractivity contribution in [1.82, 2.24) is 5.32 Å². The Kier molecular flexibility index (Phi) is 3.27. The van der Waals surface area contributed by atoms with Crippen molar-refractivity contribution in [3.8, 4) is 0 Å². The number of nitrogens with one attached hydrogen (secondary N) is 2. The Bertz CT molecular complexity index is 448. The fourth-order valence-corrected chi connectivity index (χ4v) is 1.64. The van der Waals surface area contributed by atoms with Crippen LogP contribution in [0.1, 0.15) is 6.92 Å². The molecule has 0 aromatic heterocycles. The Balaban J connectivity index is 2.11. The third-order valence-electron chi connectivity index (χ3n) is 2.67. The van der Waals surface area contributed by atoms with E-state index in [9.17, 15) is 4.79 Å². The lowest BCUT2D eigenvalue weighted by atomic mass is 10.0. The van der Waals surface area contributed by atoms with Crippen LogP contribution in [-0.2, 0) is 4.79 Å². The van der Waals surface area contributed by atoms with Crippen molar-refractivity contribution in [2.75, 3.05) is 18.4 Å². The van der Waals surface area contributed by atoms with Gasteiger partial charge in [0.05, 0.1) is 10.7 Å². The minimum absolute atomic E-state index is 0.0791. The summed E-state index contributed by atoms with van der Waals surface area (Å²) in [6.07, 6.45) is 0. The van der Waals surface area contributed by atoms with E-state index in [0.29, 0.717) is 10.7 Å². The fraction of sp³-hybridized carbons (Fsp3) is 0.250. The summed E-state index contributed by atoms with van der Waals surface area (Å²) in [4.78, 5) is 11.8. The average molecular weight is 237 g/mol. The number of benzene rings is 1. The second-order valence-corrected chi connectivity index (χ2v) is 4.17. The van der Waals surface area contributed by atoms with E-state index in [2.05, 4.69) is 10.6 Å². The van der Waals surface area contributed by atoms with Gasteiger partial charge < -0.3 is 10.6 Å². The maximum atomic E-state index is 11.8. The molecule has 84 valence electrons. The van der Waals surface area contributed by atoms with E-state index in [0.717, 1.165) is 24.2 Å². The van der Waals surface area contributed by atoms with Crippen LogP contribution in [-0.4, -0.2) is 19.0 Å². The van der Waals surface area contributed by atoms with Gasteiger partial charge >= 0.3 is 0 Å². The van der Waals surface area contributed by atoms with Crippen molar-refractivity contribution in [2.24, 2.45) is 0 Å². The normalized spacial score (nSPS) is 14.2. The van der Waals surface area contributed by atoms with E-state index in [1.54, 1.807) is 12.1 Å². The molecule has 3 nitrogen and oxygen atoms in total. The molecule has 4 heteroatoms. The number of carbonyl (C=O) groups is 1. The summed E-state index contributed by atoms with van der Waals surface area (Å²) in [6, 6.07) is 7.22. The number of hydrogen-bond donors (Lipinski definition) is 2. The van der Waals surface area contributed by atoms with E-state index < -0.39 is 0 Å². The van der Waals surface area contributed by atoms with Gasteiger partial charge in [-0.25, -0.2) is 0 Å². The number of rotatable bonds is 2. The van der Waals surface area contributed by atoms with Gasteiger partial charge in [0.2, 0.25) is 0 Å². The summed E-state index contributed by atoms with van der Waals surface area (Å²) in [7, 11) is 0. The zero-order valence-electron chi connectivity index (χ0n) is 9.01. The number of carbonyl (C=O) groups excluding carboxylic acids is 1. The minimum Gasteiger partial charge on any atom is -0.321 e. The average Bonchev–Trinajstić information content (AvgIpc) is 2.18. The quantitative estimate of drug-likeness (QED) is 0.773. The van der Waals surface area contributed by atoms with Crippen molar-refractivity contribution in [3.05, 3.63) is 40.4 Å². The first-order valence-electron chi connectivity index (χ1n) is 5.13. The highest BCUT2D eigenvalue weighted by molar-refractivity contribution is 6.33. The summed E-state index contributed by atoms with van der Waals surface area (Å²) in [5.41, 5.74) is 2.59. The lowest BCUT2D eigenvalue weighted by Gasteiger charge is -2.21. The van der Waals surface area contributed by atoms with Crippen LogP contribution in [0.5, 0.6) is 0 Å². The van der Waals surface area contributed by atoms with E-state index in [1.165, 1.54) is 0 Å². The highest BCUT2D eigenvalue weighted by Gasteiger charge is 2.16. The Morgan fingerprint density at radius 2 is 2.06 bits per heavy atom. The van der Waals surface area contributed by atoms with Gasteiger partial charge in [0, 0.05) is 18.7 Å². The van der Waals surface area contributed by atoms with Crippen LogP contribution in [0.2, 0.25) is 5.02 Å². The Hall–Kier alpha value is -1.32. The predicted octanol–water partition coefficient (Wildman–Crippen LogP) is 2.20. The smallest absolute Gasteiger partial charge is 0.251 e. The van der Waals surface area contributed by atoms with Crippen molar-refractivity contribution in [1.29, 1.82) is 0 Å². The largest absolute Gasteiger partial charge is 0.321 e. The van der Waals surface area contributed by atoms with Gasteiger partial charge in [-0.2, -0.15) is 0 Å². The predicted molar refractivity (Wildman–Crippen MR) is 65.7 cm³/mol. The van der Waals surface area contributed by atoms with E-state index in [1.807, 2.05) is 19.1 Å². The molecule has 1 amide bonds. The lowest BCUT2D eigenvalue weighted by molar-refractivity contribution is -0.112. The number of hydrogen-bond acceptors (Lipinski definition) is 2. The first kappa shape index (κ1) is 11.2. The molecule has 0 spiro atoms. The zero-order chi connectivity index (χ0) is 11.5. The van der Waals surface area contributed by atoms with Crippen molar-refractivity contribution in [2.45, 2.75) is 6.92 Å². The first-order chi connectivity index (χ1) is 7.68. The molecule has 2 rings (SSSR count). The van der Waals surface area contributed by atoms with Gasteiger partial charge in [-0.3, -0.25) is 4.79 Å². The third-order valence-corrected chi connectivity index (χ3v) is 3.00. The summed E-state index contributed by atoms with van der Waals surface area (Å²) >= 11 is 5.96. The molecule has 1 saturated heterocycles. The van der Waals surface area contributed by atoms with Gasteiger partial charge in [-0.05, 0) is 24.6 Å². The second-order valence-electron chi connectivity index (χ2n) is 3.77. The molecular formula is C12H13ClN2O. The molecule has 0 saturated carbocycles. The molecular weight excluding hydrogens is 224 g/mol. The van der Waals surface area contributed by atoms with Crippen LogP contribution in [0.4, 0.5) is 5.69 Å². The molecule has 1 fully saturated rings. The molecule has 0 bridgehead atoms. The maximum Gasteiger partial charge on any atom is 0.251 e. The maximum absolute atomic E-state index is 11.8. The monoisotopic (exact) mass is 236 g/mol. The van der Waals surface area contributed by atoms with E-state index >= 15 is 0 Å². The first-order valence-corrected chi connectivity index (χ1v) is 5.51. The van der Waals surface area contributed by atoms with Crippen molar-refractivity contribution < 1.29 is 4.79 Å². The molecule has 1 aromatic carbocycles. The van der Waals surface area contributed by atoms with Crippen molar-refractivity contribution in [3.63, 3.8) is 0 Å². The van der Waals surface area contributed by atoms with Crippen LogP contribution in [0.25, 0.3) is 0 Å². The van der Waals surface area contributed by atoms with Crippen LogP contribution < -0.4 is 10.6 Å². The van der Waals surface area contributed by atoms with Gasteiger partial charge in [-0.1, -0.05) is 23.7 Å². The zero-order valence-corrected chi connectivity index (χ0v) is 9.77. The highest BCUT2D eigenvalue weighted by Crippen LogP contribution is 2.21. The standard InChI is InChI=1S/C12H13ClN2O/c1-8(9-6-14-7-9)12(16)15-11-5-3-2-4-10(11)13/h2-5,14H,6-7H2,1H3,(H,15,16). The summed E-state index contributed by atoms with van der Waals surface area (Å²) in [5, 5.41) is 6.47. The third kappa shape index (κ3) is 2.26. The van der Waals surface area contributed by atoms with Gasteiger partial charge in [-0.15, -0.1) is 0 Å². The Morgan fingerprint density at radius 1 is 1.38 bits per heavy atom. The molecule has 1 aromatic rings. The summed E-state index contributed by atoms with van der Waals surface area (Å²) < 4.78 is 0. The van der Waals surface area contributed by atoms with Gasteiger partial charge in [0.1, 0.15) is 0 Å². The van der Waals surface area contributed by atoms with Crippen LogP contribution >= 0.6 is 11.6 Å². The van der Waals surface area contributed by atoms with Crippen LogP contribution in [0.15, 0.2) is 35.4 Å². The minimum atomic E-state index is -0.0791. The molecule has 2 N–H and O–H groups in total.